The molecule has 0 aliphatic rings. The molecule has 0 aromatic heterocycles. The first-order valence-corrected chi connectivity index (χ1v) is 6.34. The lowest BCUT2D eigenvalue weighted by molar-refractivity contribution is -0.144. The van der Waals surface area contributed by atoms with Crippen LogP contribution in [-0.2, 0) is 10.3 Å². The molecule has 6 nitrogen and oxygen atoms in total. The summed E-state index contributed by atoms with van der Waals surface area (Å²) in [4.78, 5) is 14.0. The largest absolute Gasteiger partial charge is 0.480 e. The fourth-order valence-electron chi connectivity index (χ4n) is 1.48. The zero-order valence-corrected chi connectivity index (χ0v) is 12.0. The molecule has 0 spiro atoms. The topological polar surface area (TPSA) is 98.1 Å². The van der Waals surface area contributed by atoms with Gasteiger partial charge in [0.2, 0.25) is 0 Å². The van der Waals surface area contributed by atoms with Crippen molar-refractivity contribution in [2.45, 2.75) is 12.5 Å². The van der Waals surface area contributed by atoms with Crippen molar-refractivity contribution in [3.8, 4) is 0 Å². The molecule has 0 fully saturated rings. The van der Waals surface area contributed by atoms with E-state index in [2.05, 4.69) is 37.9 Å². The van der Waals surface area contributed by atoms with Gasteiger partial charge in [-0.2, -0.15) is 0 Å². The van der Waals surface area contributed by atoms with E-state index in [1.807, 2.05) is 12.1 Å². The van der Waals surface area contributed by atoms with Gasteiger partial charge in [-0.15, -0.1) is 0 Å². The van der Waals surface area contributed by atoms with Gasteiger partial charge in [-0.3, -0.25) is 5.32 Å². The molecule has 0 heterocycles. The first-order chi connectivity index (χ1) is 8.50. The molecule has 7 heteroatoms. The average molecular weight is 360 g/mol. The summed E-state index contributed by atoms with van der Waals surface area (Å²) in [6, 6.07) is 7.26. The van der Waals surface area contributed by atoms with E-state index < -0.39 is 11.5 Å². The number of azide groups is 1. The maximum atomic E-state index is 11.4. The number of hydrogen-bond donors (Lipinski definition) is 2. The van der Waals surface area contributed by atoms with E-state index in [4.69, 9.17) is 5.53 Å². The Morgan fingerprint density at radius 1 is 1.56 bits per heavy atom. The maximum absolute atomic E-state index is 11.4. The molecule has 0 saturated carbocycles. The van der Waals surface area contributed by atoms with Crippen LogP contribution in [0.25, 0.3) is 10.4 Å². The summed E-state index contributed by atoms with van der Waals surface area (Å²) in [7, 11) is 0. The molecule has 1 aromatic carbocycles. The van der Waals surface area contributed by atoms with Crippen molar-refractivity contribution >= 4 is 28.6 Å². The Labute approximate surface area is 118 Å². The van der Waals surface area contributed by atoms with Crippen LogP contribution >= 0.6 is 22.6 Å². The highest BCUT2D eigenvalue weighted by molar-refractivity contribution is 14.1. The average Bonchev–Trinajstić information content (AvgIpc) is 2.35. The van der Waals surface area contributed by atoms with Crippen molar-refractivity contribution in [2.75, 3.05) is 13.1 Å². The zero-order chi connectivity index (χ0) is 13.6. The Kier molecular flexibility index (Phi) is 5.39. The summed E-state index contributed by atoms with van der Waals surface area (Å²) >= 11 is 2.16. The van der Waals surface area contributed by atoms with Crippen molar-refractivity contribution < 1.29 is 9.90 Å². The maximum Gasteiger partial charge on any atom is 0.328 e. The van der Waals surface area contributed by atoms with E-state index in [1.54, 1.807) is 19.1 Å². The smallest absolute Gasteiger partial charge is 0.328 e. The third kappa shape index (κ3) is 3.59. The lowest BCUT2D eigenvalue weighted by Crippen LogP contribution is -2.47. The van der Waals surface area contributed by atoms with E-state index in [-0.39, 0.29) is 6.54 Å². The van der Waals surface area contributed by atoms with Gasteiger partial charge in [0.05, 0.1) is 0 Å². The molecule has 1 rings (SSSR count). The highest BCUT2D eigenvalue weighted by atomic mass is 127. The lowest BCUT2D eigenvalue weighted by Gasteiger charge is -2.26. The van der Waals surface area contributed by atoms with E-state index in [0.717, 1.165) is 3.57 Å². The summed E-state index contributed by atoms with van der Waals surface area (Å²) in [6.45, 7) is 2.11. The van der Waals surface area contributed by atoms with Crippen LogP contribution in [0.1, 0.15) is 12.5 Å². The molecule has 0 aliphatic heterocycles. The second-order valence-corrected chi connectivity index (χ2v) is 5.06. The molecule has 0 aliphatic carbocycles. The summed E-state index contributed by atoms with van der Waals surface area (Å²) < 4.78 is 1.04. The van der Waals surface area contributed by atoms with Crippen LogP contribution in [0.15, 0.2) is 29.4 Å². The van der Waals surface area contributed by atoms with Gasteiger partial charge in [0.15, 0.2) is 0 Å². The van der Waals surface area contributed by atoms with E-state index >= 15 is 0 Å². The molecule has 0 saturated heterocycles. The van der Waals surface area contributed by atoms with Crippen molar-refractivity contribution in [1.29, 1.82) is 0 Å². The van der Waals surface area contributed by atoms with Crippen LogP contribution in [0.3, 0.4) is 0 Å². The quantitative estimate of drug-likeness (QED) is 0.268. The molecule has 96 valence electrons. The molecule has 1 unspecified atom stereocenters. The standard InChI is InChI=1S/C11H13IN4O2/c1-11(10(17)18,14-6-7-15-16-13)8-2-4-9(12)5-3-8/h2-5,14H,6-7H2,1H3,(H,17,18). The number of rotatable bonds is 6. The highest BCUT2D eigenvalue weighted by Gasteiger charge is 2.34. The number of carboxylic acid groups (broad SMARTS) is 1. The molecule has 2 N–H and O–H groups in total. The lowest BCUT2D eigenvalue weighted by atomic mass is 9.92. The van der Waals surface area contributed by atoms with Gasteiger partial charge in [-0.05, 0) is 52.7 Å². The molecule has 0 radical (unpaired) electrons. The van der Waals surface area contributed by atoms with Crippen LogP contribution in [0, 0.1) is 3.57 Å². The monoisotopic (exact) mass is 360 g/mol. The molecule has 0 bridgehead atoms. The Hall–Kier alpha value is -1.31. The van der Waals surface area contributed by atoms with Gasteiger partial charge in [-0.1, -0.05) is 17.2 Å². The predicted molar refractivity (Wildman–Crippen MR) is 76.2 cm³/mol. The number of hydrogen-bond acceptors (Lipinski definition) is 3. The van der Waals surface area contributed by atoms with Crippen molar-refractivity contribution in [2.24, 2.45) is 5.11 Å². The Bertz CT molecular complexity index is 470. The Balaban J connectivity index is 2.89. The van der Waals surface area contributed by atoms with Crippen LogP contribution in [0.2, 0.25) is 0 Å². The fourth-order valence-corrected chi connectivity index (χ4v) is 1.84. The van der Waals surface area contributed by atoms with Crippen LogP contribution in [0.4, 0.5) is 0 Å². The fraction of sp³-hybridized carbons (Fsp3) is 0.364. The summed E-state index contributed by atoms with van der Waals surface area (Å²) in [5, 5.41) is 15.6. The minimum Gasteiger partial charge on any atom is -0.480 e. The minimum absolute atomic E-state index is 0.212. The van der Waals surface area contributed by atoms with Gasteiger partial charge in [0.1, 0.15) is 5.54 Å². The molecular formula is C11H13IN4O2. The first kappa shape index (κ1) is 14.7. The third-order valence-electron chi connectivity index (χ3n) is 2.60. The Morgan fingerprint density at radius 3 is 2.67 bits per heavy atom. The van der Waals surface area contributed by atoms with Crippen molar-refractivity contribution in [3.05, 3.63) is 43.8 Å². The van der Waals surface area contributed by atoms with E-state index in [0.29, 0.717) is 12.1 Å². The summed E-state index contributed by atoms with van der Waals surface area (Å²) in [5.41, 5.74) is 7.64. The molecule has 18 heavy (non-hydrogen) atoms. The number of nitrogens with one attached hydrogen (secondary N) is 1. The first-order valence-electron chi connectivity index (χ1n) is 5.26. The third-order valence-corrected chi connectivity index (χ3v) is 3.32. The van der Waals surface area contributed by atoms with Gasteiger partial charge >= 0.3 is 5.97 Å². The van der Waals surface area contributed by atoms with Crippen LogP contribution < -0.4 is 5.32 Å². The summed E-state index contributed by atoms with van der Waals surface area (Å²) in [6.07, 6.45) is 0. The molecule has 1 aromatic rings. The number of carboxylic acids is 1. The molecule has 1 atom stereocenters. The van der Waals surface area contributed by atoms with Gasteiger partial charge < -0.3 is 5.11 Å². The number of nitrogens with zero attached hydrogens (tertiary/aromatic N) is 3. The summed E-state index contributed by atoms with van der Waals surface area (Å²) in [5.74, 6) is -0.968. The van der Waals surface area contributed by atoms with Crippen molar-refractivity contribution in [3.63, 3.8) is 0 Å². The van der Waals surface area contributed by atoms with Crippen molar-refractivity contribution in [1.82, 2.24) is 5.32 Å². The van der Waals surface area contributed by atoms with E-state index in [9.17, 15) is 9.90 Å². The number of aliphatic carboxylic acids is 1. The van der Waals surface area contributed by atoms with Crippen LogP contribution in [-0.4, -0.2) is 24.2 Å². The number of benzene rings is 1. The molecule has 0 amide bonds. The normalized spacial score (nSPS) is 13.4. The van der Waals surface area contributed by atoms with Crippen LogP contribution in [0.5, 0.6) is 0 Å². The highest BCUT2D eigenvalue weighted by Crippen LogP contribution is 2.22. The predicted octanol–water partition coefficient (Wildman–Crippen LogP) is 2.49. The zero-order valence-electron chi connectivity index (χ0n) is 9.80. The minimum atomic E-state index is -1.19. The number of carbonyl (C=O) groups is 1. The second kappa shape index (κ2) is 6.58. The number of halogens is 1. The van der Waals surface area contributed by atoms with Gasteiger partial charge in [-0.25, -0.2) is 4.79 Å². The molecular weight excluding hydrogens is 347 g/mol. The van der Waals surface area contributed by atoms with Gasteiger partial charge in [0.25, 0.3) is 0 Å². The van der Waals surface area contributed by atoms with E-state index in [1.165, 1.54) is 0 Å². The SMILES string of the molecule is CC(NCCN=[N+]=[N-])(C(=O)O)c1ccc(I)cc1. The Morgan fingerprint density at radius 2 is 2.17 bits per heavy atom. The second-order valence-electron chi connectivity index (χ2n) is 3.82. The van der Waals surface area contributed by atoms with Gasteiger partial charge in [0, 0.05) is 21.6 Å².